The number of anilines is 2. The quantitative estimate of drug-likeness (QED) is 0.832. The van der Waals surface area contributed by atoms with Gasteiger partial charge in [0, 0.05) is 20.2 Å². The molecule has 1 fully saturated rings. The molecule has 0 aromatic heterocycles. The van der Waals surface area contributed by atoms with Gasteiger partial charge in [0.2, 0.25) is 0 Å². The first-order chi connectivity index (χ1) is 8.72. The van der Waals surface area contributed by atoms with E-state index in [1.165, 1.54) is 6.42 Å². The van der Waals surface area contributed by atoms with Crippen LogP contribution < -0.4 is 15.4 Å². The van der Waals surface area contributed by atoms with Crippen molar-refractivity contribution in [3.8, 4) is 5.75 Å². The van der Waals surface area contributed by atoms with Crippen LogP contribution in [0.1, 0.15) is 12.8 Å². The fourth-order valence-corrected chi connectivity index (χ4v) is 2.48. The summed E-state index contributed by atoms with van der Waals surface area (Å²) in [5.74, 6) is 1.33. The second-order valence-electron chi connectivity index (χ2n) is 4.86. The number of benzene rings is 1. The SMILES string of the molecule is COc1cccc(N(C)CC2CCCOC2)c1N. The Morgan fingerprint density at radius 3 is 3.00 bits per heavy atom. The summed E-state index contributed by atoms with van der Waals surface area (Å²) < 4.78 is 10.8. The van der Waals surface area contributed by atoms with Crippen molar-refractivity contribution >= 4 is 11.4 Å². The van der Waals surface area contributed by atoms with Crippen LogP contribution in [0, 0.1) is 5.92 Å². The number of para-hydroxylation sites is 1. The summed E-state index contributed by atoms with van der Waals surface area (Å²) in [5.41, 5.74) is 7.84. The van der Waals surface area contributed by atoms with E-state index in [9.17, 15) is 0 Å². The van der Waals surface area contributed by atoms with Gasteiger partial charge < -0.3 is 20.1 Å². The van der Waals surface area contributed by atoms with Gasteiger partial charge in [0.15, 0.2) is 0 Å². The van der Waals surface area contributed by atoms with Crippen LogP contribution in [0.5, 0.6) is 5.75 Å². The van der Waals surface area contributed by atoms with Crippen LogP contribution >= 0.6 is 0 Å². The number of hydrogen-bond acceptors (Lipinski definition) is 4. The van der Waals surface area contributed by atoms with Crippen molar-refractivity contribution in [3.63, 3.8) is 0 Å². The highest BCUT2D eigenvalue weighted by Crippen LogP contribution is 2.32. The highest BCUT2D eigenvalue weighted by Gasteiger charge is 2.17. The maximum atomic E-state index is 6.10. The minimum absolute atomic E-state index is 0.592. The molecule has 0 bridgehead atoms. The van der Waals surface area contributed by atoms with Gasteiger partial charge in [0.1, 0.15) is 5.75 Å². The third kappa shape index (κ3) is 2.88. The van der Waals surface area contributed by atoms with Gasteiger partial charge in [-0.25, -0.2) is 0 Å². The summed E-state index contributed by atoms with van der Waals surface area (Å²) in [5, 5.41) is 0. The highest BCUT2D eigenvalue weighted by molar-refractivity contribution is 5.73. The van der Waals surface area contributed by atoms with E-state index >= 15 is 0 Å². The summed E-state index contributed by atoms with van der Waals surface area (Å²) in [6.07, 6.45) is 2.39. The second kappa shape index (κ2) is 5.96. The topological polar surface area (TPSA) is 47.7 Å². The van der Waals surface area contributed by atoms with E-state index in [0.717, 1.165) is 37.6 Å². The third-order valence-corrected chi connectivity index (χ3v) is 3.46. The first-order valence-electron chi connectivity index (χ1n) is 6.43. The normalized spacial score (nSPS) is 19.6. The minimum atomic E-state index is 0.592. The molecule has 0 amide bonds. The molecule has 18 heavy (non-hydrogen) atoms. The predicted octanol–water partition coefficient (Wildman–Crippen LogP) is 2.14. The van der Waals surface area contributed by atoms with Crippen LogP contribution in [-0.2, 0) is 4.74 Å². The van der Waals surface area contributed by atoms with Gasteiger partial charge in [0.05, 0.1) is 25.1 Å². The maximum absolute atomic E-state index is 6.10. The van der Waals surface area contributed by atoms with Gasteiger partial charge >= 0.3 is 0 Å². The van der Waals surface area contributed by atoms with Gasteiger partial charge in [-0.1, -0.05) is 6.07 Å². The van der Waals surface area contributed by atoms with Crippen LogP contribution in [0.4, 0.5) is 11.4 Å². The third-order valence-electron chi connectivity index (χ3n) is 3.46. The lowest BCUT2D eigenvalue weighted by Gasteiger charge is -2.29. The van der Waals surface area contributed by atoms with Gasteiger partial charge in [0.25, 0.3) is 0 Å². The molecule has 0 saturated carbocycles. The molecule has 4 heteroatoms. The Balaban J connectivity index is 2.05. The van der Waals surface area contributed by atoms with E-state index in [2.05, 4.69) is 11.9 Å². The summed E-state index contributed by atoms with van der Waals surface area (Å²) in [4.78, 5) is 2.19. The van der Waals surface area contributed by atoms with E-state index in [-0.39, 0.29) is 0 Å². The van der Waals surface area contributed by atoms with Crippen molar-refractivity contribution in [1.29, 1.82) is 0 Å². The first kappa shape index (κ1) is 13.0. The Kier molecular flexibility index (Phi) is 4.31. The zero-order chi connectivity index (χ0) is 13.0. The average Bonchev–Trinajstić information content (AvgIpc) is 2.40. The van der Waals surface area contributed by atoms with Crippen LogP contribution in [-0.4, -0.2) is 33.9 Å². The Morgan fingerprint density at radius 1 is 1.50 bits per heavy atom. The molecule has 100 valence electrons. The number of nitrogens with two attached hydrogens (primary N) is 1. The standard InChI is InChI=1S/C14H22N2O2/c1-16(9-11-5-4-8-18-10-11)12-6-3-7-13(17-2)14(12)15/h3,6-7,11H,4-5,8-10,15H2,1-2H3. The van der Waals surface area contributed by atoms with Crippen LogP contribution in [0.2, 0.25) is 0 Å². The molecular weight excluding hydrogens is 228 g/mol. The molecule has 0 spiro atoms. The molecule has 4 nitrogen and oxygen atoms in total. The molecule has 0 radical (unpaired) electrons. The fourth-order valence-electron chi connectivity index (χ4n) is 2.48. The van der Waals surface area contributed by atoms with E-state index in [0.29, 0.717) is 11.6 Å². The van der Waals surface area contributed by atoms with Crippen molar-refractivity contribution in [2.24, 2.45) is 5.92 Å². The molecule has 1 aromatic rings. The number of ether oxygens (including phenoxy) is 2. The van der Waals surface area contributed by atoms with Crippen LogP contribution in [0.15, 0.2) is 18.2 Å². The number of nitrogen functional groups attached to an aromatic ring is 1. The Bertz CT molecular complexity index is 389. The lowest BCUT2D eigenvalue weighted by atomic mass is 10.0. The molecule has 2 rings (SSSR count). The molecule has 1 aliphatic rings. The van der Waals surface area contributed by atoms with Gasteiger partial charge in [-0.15, -0.1) is 0 Å². The van der Waals surface area contributed by atoms with E-state index in [1.54, 1.807) is 7.11 Å². The summed E-state index contributed by atoms with van der Waals surface area (Å²) in [7, 11) is 3.71. The molecule has 0 aliphatic carbocycles. The molecule has 1 heterocycles. The number of nitrogens with zero attached hydrogens (tertiary/aromatic N) is 1. The van der Waals surface area contributed by atoms with Crippen molar-refractivity contribution in [2.45, 2.75) is 12.8 Å². The zero-order valence-electron chi connectivity index (χ0n) is 11.2. The van der Waals surface area contributed by atoms with E-state index < -0.39 is 0 Å². The predicted molar refractivity (Wildman–Crippen MR) is 74.2 cm³/mol. The lowest BCUT2D eigenvalue weighted by molar-refractivity contribution is 0.0576. The fraction of sp³-hybridized carbons (Fsp3) is 0.571. The van der Waals surface area contributed by atoms with Crippen molar-refractivity contribution in [2.75, 3.05) is 44.5 Å². The van der Waals surface area contributed by atoms with Crippen LogP contribution in [0.25, 0.3) is 0 Å². The van der Waals surface area contributed by atoms with E-state index in [4.69, 9.17) is 15.2 Å². The smallest absolute Gasteiger partial charge is 0.143 e. The van der Waals surface area contributed by atoms with Crippen molar-refractivity contribution in [1.82, 2.24) is 0 Å². The number of methoxy groups -OCH3 is 1. The first-order valence-corrected chi connectivity index (χ1v) is 6.43. The molecule has 1 atom stereocenters. The average molecular weight is 250 g/mol. The van der Waals surface area contributed by atoms with Crippen LogP contribution in [0.3, 0.4) is 0 Å². The molecule has 1 unspecified atom stereocenters. The summed E-state index contributed by atoms with van der Waals surface area (Å²) in [6, 6.07) is 5.89. The second-order valence-corrected chi connectivity index (χ2v) is 4.86. The Morgan fingerprint density at radius 2 is 2.33 bits per heavy atom. The minimum Gasteiger partial charge on any atom is -0.495 e. The molecular formula is C14H22N2O2. The largest absolute Gasteiger partial charge is 0.495 e. The van der Waals surface area contributed by atoms with Crippen molar-refractivity contribution in [3.05, 3.63) is 18.2 Å². The Labute approximate surface area is 109 Å². The molecule has 2 N–H and O–H groups in total. The molecule has 1 aliphatic heterocycles. The summed E-state index contributed by atoms with van der Waals surface area (Å²) in [6.45, 7) is 2.73. The summed E-state index contributed by atoms with van der Waals surface area (Å²) >= 11 is 0. The zero-order valence-corrected chi connectivity index (χ0v) is 11.2. The van der Waals surface area contributed by atoms with Gasteiger partial charge in [-0.05, 0) is 30.9 Å². The monoisotopic (exact) mass is 250 g/mol. The highest BCUT2D eigenvalue weighted by atomic mass is 16.5. The Hall–Kier alpha value is -1.42. The van der Waals surface area contributed by atoms with E-state index in [1.807, 2.05) is 18.2 Å². The number of rotatable bonds is 4. The molecule has 1 aromatic carbocycles. The lowest BCUT2D eigenvalue weighted by Crippen LogP contribution is -2.31. The maximum Gasteiger partial charge on any atom is 0.143 e. The molecule has 1 saturated heterocycles. The van der Waals surface area contributed by atoms with Crippen molar-refractivity contribution < 1.29 is 9.47 Å². The van der Waals surface area contributed by atoms with Gasteiger partial charge in [-0.3, -0.25) is 0 Å². The number of hydrogen-bond donors (Lipinski definition) is 1. The van der Waals surface area contributed by atoms with Gasteiger partial charge in [-0.2, -0.15) is 0 Å².